The summed E-state index contributed by atoms with van der Waals surface area (Å²) in [5.41, 5.74) is 8.96. The summed E-state index contributed by atoms with van der Waals surface area (Å²) < 4.78 is 9.13. The minimum atomic E-state index is -0.520. The van der Waals surface area contributed by atoms with Crippen LogP contribution in [0.5, 0.6) is 0 Å². The van der Waals surface area contributed by atoms with Gasteiger partial charge in [0.05, 0.1) is 11.2 Å². The molecule has 1 aliphatic heterocycles. The van der Waals surface area contributed by atoms with Crippen LogP contribution in [0, 0.1) is 10.8 Å². The van der Waals surface area contributed by atoms with Crippen LogP contribution in [0.25, 0.3) is 11.2 Å². The SMILES string of the molecule is CC1=C(C(N)=O)OCN1C1CC(c2ccc3c(n2)n(C)c(=O)n3CC(C)(C)C)CCC1(C)C. The number of nitrogens with zero attached hydrogens (tertiary/aromatic N) is 4. The first-order valence-electron chi connectivity index (χ1n) is 11.8. The van der Waals surface area contributed by atoms with Crippen molar-refractivity contribution in [3.05, 3.63) is 39.8 Å². The molecule has 2 N–H and O–H groups in total. The second kappa shape index (κ2) is 7.92. The van der Waals surface area contributed by atoms with Gasteiger partial charge >= 0.3 is 5.69 Å². The zero-order valence-corrected chi connectivity index (χ0v) is 20.9. The summed E-state index contributed by atoms with van der Waals surface area (Å²) in [5.74, 6) is 0.00884. The number of imidazole rings is 1. The van der Waals surface area contributed by atoms with Gasteiger partial charge in [-0.1, -0.05) is 34.6 Å². The first kappa shape index (κ1) is 23.4. The Morgan fingerprint density at radius 3 is 2.61 bits per heavy atom. The molecule has 1 fully saturated rings. The number of allylic oxidation sites excluding steroid dienone is 1. The largest absolute Gasteiger partial charge is 0.465 e. The van der Waals surface area contributed by atoms with Gasteiger partial charge in [0, 0.05) is 31.2 Å². The molecule has 0 saturated heterocycles. The van der Waals surface area contributed by atoms with E-state index in [4.69, 9.17) is 15.5 Å². The van der Waals surface area contributed by atoms with E-state index in [1.807, 2.05) is 11.5 Å². The van der Waals surface area contributed by atoms with Gasteiger partial charge in [0.2, 0.25) is 5.76 Å². The fourth-order valence-corrected chi connectivity index (χ4v) is 5.42. The predicted octanol–water partition coefficient (Wildman–Crippen LogP) is 3.45. The minimum Gasteiger partial charge on any atom is -0.465 e. The van der Waals surface area contributed by atoms with Gasteiger partial charge in [0.15, 0.2) is 12.4 Å². The molecule has 3 heterocycles. The van der Waals surface area contributed by atoms with Crippen LogP contribution in [0.1, 0.15) is 72.4 Å². The van der Waals surface area contributed by atoms with Gasteiger partial charge in [-0.2, -0.15) is 0 Å². The fraction of sp³-hybridized carbons (Fsp3) is 0.640. The van der Waals surface area contributed by atoms with E-state index in [0.717, 1.165) is 41.8 Å². The van der Waals surface area contributed by atoms with Crippen molar-refractivity contribution in [2.24, 2.45) is 23.6 Å². The van der Waals surface area contributed by atoms with Crippen LogP contribution in [0.4, 0.5) is 0 Å². The van der Waals surface area contributed by atoms with Crippen molar-refractivity contribution in [3.63, 3.8) is 0 Å². The number of hydrogen-bond donors (Lipinski definition) is 1. The first-order chi connectivity index (χ1) is 15.3. The molecule has 2 aromatic heterocycles. The molecule has 33 heavy (non-hydrogen) atoms. The molecule has 1 amide bonds. The van der Waals surface area contributed by atoms with Gasteiger partial charge in [-0.25, -0.2) is 9.78 Å². The first-order valence-corrected chi connectivity index (χ1v) is 11.8. The molecule has 4 rings (SSSR count). The van der Waals surface area contributed by atoms with Crippen molar-refractivity contribution in [2.45, 2.75) is 79.3 Å². The Kier molecular flexibility index (Phi) is 5.61. The summed E-state index contributed by atoms with van der Waals surface area (Å²) in [5, 5.41) is 0. The van der Waals surface area contributed by atoms with Crippen LogP contribution >= 0.6 is 0 Å². The molecule has 0 bridgehead atoms. The van der Waals surface area contributed by atoms with Crippen molar-refractivity contribution in [2.75, 3.05) is 6.73 Å². The highest BCUT2D eigenvalue weighted by atomic mass is 16.5. The molecule has 180 valence electrons. The maximum Gasteiger partial charge on any atom is 0.330 e. The summed E-state index contributed by atoms with van der Waals surface area (Å²) in [4.78, 5) is 31.8. The topological polar surface area (TPSA) is 95.4 Å². The molecule has 2 aromatic rings. The number of pyridine rings is 1. The van der Waals surface area contributed by atoms with Crippen molar-refractivity contribution in [1.82, 2.24) is 19.0 Å². The van der Waals surface area contributed by atoms with E-state index in [1.165, 1.54) is 0 Å². The van der Waals surface area contributed by atoms with Crippen LogP contribution in [0.2, 0.25) is 0 Å². The van der Waals surface area contributed by atoms with E-state index in [1.54, 1.807) is 11.6 Å². The number of ether oxygens (including phenoxy) is 1. The van der Waals surface area contributed by atoms with Gasteiger partial charge < -0.3 is 15.4 Å². The number of fused-ring (bicyclic) bond motifs is 1. The molecule has 0 aromatic carbocycles. The Morgan fingerprint density at radius 2 is 2.00 bits per heavy atom. The number of carbonyl (C=O) groups is 1. The van der Waals surface area contributed by atoms with Crippen LogP contribution in [0.15, 0.2) is 28.4 Å². The second-order valence-corrected chi connectivity index (χ2v) is 11.6. The second-order valence-electron chi connectivity index (χ2n) is 11.6. The fourth-order valence-electron chi connectivity index (χ4n) is 5.42. The summed E-state index contributed by atoms with van der Waals surface area (Å²) in [6, 6.07) is 4.33. The highest BCUT2D eigenvalue weighted by Gasteiger charge is 2.43. The van der Waals surface area contributed by atoms with Gasteiger partial charge in [-0.05, 0) is 49.1 Å². The normalized spacial score (nSPS) is 23.3. The molecule has 2 atom stereocenters. The standard InChI is InChI=1S/C25H37N5O3/c1-15-20(21(26)31)33-14-30(15)19-12-16(10-11-25(19,5)6)17-8-9-18-22(27-17)28(7)23(32)29(18)13-24(2,3)4/h8-9,16,19H,10-14H2,1-7H3,(H2,26,31). The zero-order valence-electron chi connectivity index (χ0n) is 20.9. The van der Waals surface area contributed by atoms with Crippen LogP contribution in [-0.2, 0) is 23.1 Å². The lowest BCUT2D eigenvalue weighted by Crippen LogP contribution is -2.47. The molecule has 2 unspecified atom stereocenters. The smallest absolute Gasteiger partial charge is 0.330 e. The molecule has 1 saturated carbocycles. The zero-order chi connectivity index (χ0) is 24.3. The van der Waals surface area contributed by atoms with Crippen LogP contribution in [0.3, 0.4) is 0 Å². The monoisotopic (exact) mass is 455 g/mol. The number of aromatic nitrogens is 3. The molecular formula is C25H37N5O3. The lowest BCUT2D eigenvalue weighted by Gasteiger charge is -2.47. The van der Waals surface area contributed by atoms with E-state index in [9.17, 15) is 9.59 Å². The third-order valence-corrected chi connectivity index (χ3v) is 7.31. The van der Waals surface area contributed by atoms with E-state index in [-0.39, 0.29) is 34.2 Å². The highest BCUT2D eigenvalue weighted by molar-refractivity contribution is 5.90. The lowest BCUT2D eigenvalue weighted by atomic mass is 9.68. The number of amides is 1. The van der Waals surface area contributed by atoms with E-state index < -0.39 is 5.91 Å². The maximum absolute atomic E-state index is 12.9. The van der Waals surface area contributed by atoms with Gasteiger partial charge in [-0.15, -0.1) is 0 Å². The average Bonchev–Trinajstić information content (AvgIpc) is 3.20. The molecule has 2 aliphatic rings. The summed E-state index contributed by atoms with van der Waals surface area (Å²) in [6.45, 7) is 13.8. The Labute approximate surface area is 195 Å². The molecular weight excluding hydrogens is 418 g/mol. The number of hydrogen-bond acceptors (Lipinski definition) is 5. The number of carbonyl (C=O) groups excluding carboxylic acids is 1. The van der Waals surface area contributed by atoms with Crippen LogP contribution in [-0.4, -0.2) is 37.7 Å². The molecule has 1 aliphatic carbocycles. The Balaban J connectivity index is 1.67. The van der Waals surface area contributed by atoms with Crippen molar-refractivity contribution in [3.8, 4) is 0 Å². The quantitative estimate of drug-likeness (QED) is 0.762. The van der Waals surface area contributed by atoms with Crippen LogP contribution < -0.4 is 11.4 Å². The number of nitrogens with two attached hydrogens (primary N) is 1. The summed E-state index contributed by atoms with van der Waals surface area (Å²) in [6.07, 6.45) is 2.95. The predicted molar refractivity (Wildman–Crippen MR) is 128 cm³/mol. The molecule has 0 radical (unpaired) electrons. The Bertz CT molecular complexity index is 1180. The molecule has 8 nitrogen and oxygen atoms in total. The van der Waals surface area contributed by atoms with Crippen molar-refractivity contribution < 1.29 is 9.53 Å². The highest BCUT2D eigenvalue weighted by Crippen LogP contribution is 2.46. The van der Waals surface area contributed by atoms with E-state index in [2.05, 4.69) is 51.7 Å². The Morgan fingerprint density at radius 1 is 1.30 bits per heavy atom. The lowest BCUT2D eigenvalue weighted by molar-refractivity contribution is -0.117. The number of aryl methyl sites for hydroxylation is 1. The maximum atomic E-state index is 12.9. The van der Waals surface area contributed by atoms with Gasteiger partial charge in [-0.3, -0.25) is 13.9 Å². The van der Waals surface area contributed by atoms with E-state index in [0.29, 0.717) is 13.3 Å². The average molecular weight is 456 g/mol. The molecule has 0 spiro atoms. The third-order valence-electron chi connectivity index (χ3n) is 7.31. The van der Waals surface area contributed by atoms with Gasteiger partial charge in [0.1, 0.15) is 0 Å². The minimum absolute atomic E-state index is 0.00804. The third kappa shape index (κ3) is 4.15. The van der Waals surface area contributed by atoms with Gasteiger partial charge in [0.25, 0.3) is 5.91 Å². The van der Waals surface area contributed by atoms with Crippen molar-refractivity contribution in [1.29, 1.82) is 0 Å². The number of rotatable bonds is 4. The molecule has 8 heteroatoms. The Hall–Kier alpha value is -2.77. The summed E-state index contributed by atoms with van der Waals surface area (Å²) >= 11 is 0. The number of primary amides is 1. The summed E-state index contributed by atoms with van der Waals surface area (Å²) in [7, 11) is 1.80. The van der Waals surface area contributed by atoms with Crippen molar-refractivity contribution >= 4 is 17.1 Å². The van der Waals surface area contributed by atoms with E-state index >= 15 is 0 Å².